The van der Waals surface area contributed by atoms with Crippen molar-refractivity contribution in [2.75, 3.05) is 19.7 Å². The molecule has 1 aromatic rings. The smallest absolute Gasteiger partial charge is 0.310 e. The molecule has 0 bridgehead atoms. The van der Waals surface area contributed by atoms with Gasteiger partial charge in [-0.2, -0.15) is 0 Å². The molecule has 0 amide bonds. The lowest BCUT2D eigenvalue weighted by Crippen LogP contribution is -2.43. The van der Waals surface area contributed by atoms with Crippen molar-refractivity contribution >= 4 is 5.97 Å². The topological polar surface area (TPSA) is 29.5 Å². The van der Waals surface area contributed by atoms with Gasteiger partial charge in [0.15, 0.2) is 0 Å². The van der Waals surface area contributed by atoms with Crippen molar-refractivity contribution in [3.8, 4) is 0 Å². The zero-order valence-electron chi connectivity index (χ0n) is 11.8. The zero-order chi connectivity index (χ0) is 13.7. The van der Waals surface area contributed by atoms with Gasteiger partial charge in [-0.1, -0.05) is 37.3 Å². The quantitative estimate of drug-likeness (QED) is 0.780. The Morgan fingerprint density at radius 2 is 2.11 bits per heavy atom. The van der Waals surface area contributed by atoms with Gasteiger partial charge in [-0.25, -0.2) is 0 Å². The van der Waals surface area contributed by atoms with E-state index in [1.807, 2.05) is 13.0 Å². The van der Waals surface area contributed by atoms with Crippen LogP contribution in [-0.2, 0) is 16.1 Å². The van der Waals surface area contributed by atoms with E-state index in [2.05, 4.69) is 36.1 Å². The van der Waals surface area contributed by atoms with Crippen LogP contribution in [0.25, 0.3) is 0 Å². The van der Waals surface area contributed by atoms with Crippen molar-refractivity contribution in [1.82, 2.24) is 4.90 Å². The van der Waals surface area contributed by atoms with E-state index in [9.17, 15) is 4.79 Å². The number of piperidine rings is 1. The van der Waals surface area contributed by atoms with E-state index in [1.54, 1.807) is 0 Å². The van der Waals surface area contributed by atoms with Gasteiger partial charge in [-0.05, 0) is 31.4 Å². The van der Waals surface area contributed by atoms with Crippen LogP contribution in [0.4, 0.5) is 0 Å². The van der Waals surface area contributed by atoms with E-state index in [0.29, 0.717) is 12.5 Å². The number of likely N-dealkylation sites (tertiary alicyclic amines) is 1. The predicted octanol–water partition coefficient (Wildman–Crippen LogP) is 2.71. The molecule has 1 fully saturated rings. The average molecular weight is 261 g/mol. The molecule has 3 nitrogen and oxygen atoms in total. The summed E-state index contributed by atoms with van der Waals surface area (Å²) in [4.78, 5) is 14.3. The third-order valence-corrected chi connectivity index (χ3v) is 3.88. The summed E-state index contributed by atoms with van der Waals surface area (Å²) in [6.45, 7) is 7.29. The first kappa shape index (κ1) is 14.1. The molecule has 2 rings (SSSR count). The van der Waals surface area contributed by atoms with Crippen molar-refractivity contribution in [2.45, 2.75) is 26.8 Å². The lowest BCUT2D eigenvalue weighted by atomic mass is 9.87. The number of esters is 1. The van der Waals surface area contributed by atoms with Gasteiger partial charge in [-0.15, -0.1) is 0 Å². The van der Waals surface area contributed by atoms with Crippen LogP contribution in [0.1, 0.15) is 25.8 Å². The van der Waals surface area contributed by atoms with Gasteiger partial charge >= 0.3 is 5.97 Å². The van der Waals surface area contributed by atoms with Gasteiger partial charge in [0.1, 0.15) is 0 Å². The molecule has 104 valence electrons. The SMILES string of the molecule is CCOC(=O)C1CN(Cc2ccccc2)CCC1C. The van der Waals surface area contributed by atoms with Crippen LogP contribution in [-0.4, -0.2) is 30.6 Å². The van der Waals surface area contributed by atoms with Gasteiger partial charge in [-0.3, -0.25) is 9.69 Å². The number of ether oxygens (including phenoxy) is 1. The maximum atomic E-state index is 12.0. The lowest BCUT2D eigenvalue weighted by Gasteiger charge is -2.35. The third-order valence-electron chi connectivity index (χ3n) is 3.88. The Hall–Kier alpha value is -1.35. The van der Waals surface area contributed by atoms with Gasteiger partial charge in [0.05, 0.1) is 12.5 Å². The molecule has 1 heterocycles. The number of rotatable bonds is 4. The van der Waals surface area contributed by atoms with E-state index in [1.165, 1.54) is 5.56 Å². The molecule has 0 radical (unpaired) electrons. The number of carbonyl (C=O) groups is 1. The molecule has 3 heteroatoms. The molecule has 2 atom stereocenters. The minimum atomic E-state index is -0.0345. The van der Waals surface area contributed by atoms with Gasteiger partial charge in [0.2, 0.25) is 0 Å². The van der Waals surface area contributed by atoms with E-state index >= 15 is 0 Å². The molecule has 0 aromatic heterocycles. The van der Waals surface area contributed by atoms with Crippen molar-refractivity contribution in [1.29, 1.82) is 0 Å². The summed E-state index contributed by atoms with van der Waals surface area (Å²) in [5.41, 5.74) is 1.31. The molecule has 0 saturated carbocycles. The Bertz CT molecular complexity index is 404. The summed E-state index contributed by atoms with van der Waals surface area (Å²) in [6.07, 6.45) is 1.07. The highest BCUT2D eigenvalue weighted by atomic mass is 16.5. The van der Waals surface area contributed by atoms with Crippen LogP contribution in [0, 0.1) is 11.8 Å². The fraction of sp³-hybridized carbons (Fsp3) is 0.562. The van der Waals surface area contributed by atoms with Gasteiger partial charge in [0, 0.05) is 13.1 Å². The standard InChI is InChI=1S/C16H23NO2/c1-3-19-16(18)15-12-17(10-9-13(15)2)11-14-7-5-4-6-8-14/h4-8,13,15H,3,9-12H2,1-2H3. The van der Waals surface area contributed by atoms with Crippen molar-refractivity contribution in [3.63, 3.8) is 0 Å². The highest BCUT2D eigenvalue weighted by molar-refractivity contribution is 5.73. The molecule has 0 spiro atoms. The summed E-state index contributed by atoms with van der Waals surface area (Å²) >= 11 is 0. The minimum Gasteiger partial charge on any atom is -0.466 e. The predicted molar refractivity (Wildman–Crippen MR) is 75.6 cm³/mol. The molecular weight excluding hydrogens is 238 g/mol. The van der Waals surface area contributed by atoms with Gasteiger partial charge < -0.3 is 4.74 Å². The van der Waals surface area contributed by atoms with Gasteiger partial charge in [0.25, 0.3) is 0 Å². The van der Waals surface area contributed by atoms with Crippen LogP contribution in [0.2, 0.25) is 0 Å². The van der Waals surface area contributed by atoms with Crippen molar-refractivity contribution in [2.24, 2.45) is 11.8 Å². The van der Waals surface area contributed by atoms with Crippen LogP contribution >= 0.6 is 0 Å². The van der Waals surface area contributed by atoms with Crippen molar-refractivity contribution in [3.05, 3.63) is 35.9 Å². The monoisotopic (exact) mass is 261 g/mol. The van der Waals surface area contributed by atoms with Crippen LogP contribution in [0.15, 0.2) is 30.3 Å². The summed E-state index contributed by atoms with van der Waals surface area (Å²) in [6, 6.07) is 10.4. The van der Waals surface area contributed by atoms with E-state index < -0.39 is 0 Å². The molecule has 1 aliphatic heterocycles. The fourth-order valence-corrected chi connectivity index (χ4v) is 2.68. The molecular formula is C16H23NO2. The second-order valence-corrected chi connectivity index (χ2v) is 5.35. The maximum Gasteiger partial charge on any atom is 0.310 e. The molecule has 0 N–H and O–H groups in total. The van der Waals surface area contributed by atoms with Crippen LogP contribution in [0.5, 0.6) is 0 Å². The normalized spacial score (nSPS) is 24.1. The molecule has 1 aliphatic rings. The summed E-state index contributed by atoms with van der Waals surface area (Å²) < 4.78 is 5.18. The van der Waals surface area contributed by atoms with E-state index in [0.717, 1.165) is 26.1 Å². The highest BCUT2D eigenvalue weighted by Crippen LogP contribution is 2.25. The zero-order valence-corrected chi connectivity index (χ0v) is 11.8. The number of hydrogen-bond donors (Lipinski definition) is 0. The first-order valence-corrected chi connectivity index (χ1v) is 7.13. The number of nitrogens with zero attached hydrogens (tertiary/aromatic N) is 1. The van der Waals surface area contributed by atoms with E-state index in [-0.39, 0.29) is 11.9 Å². The van der Waals surface area contributed by atoms with Crippen LogP contribution in [0.3, 0.4) is 0 Å². The molecule has 2 unspecified atom stereocenters. The first-order valence-electron chi connectivity index (χ1n) is 7.13. The second kappa shape index (κ2) is 6.71. The maximum absolute atomic E-state index is 12.0. The number of benzene rings is 1. The summed E-state index contributed by atoms with van der Waals surface area (Å²) in [5, 5.41) is 0. The Labute approximate surface area is 115 Å². The third kappa shape index (κ3) is 3.80. The Kier molecular flexibility index (Phi) is 4.97. The Morgan fingerprint density at radius 3 is 2.79 bits per heavy atom. The molecule has 19 heavy (non-hydrogen) atoms. The summed E-state index contributed by atoms with van der Waals surface area (Å²) in [5.74, 6) is 0.413. The van der Waals surface area contributed by atoms with E-state index in [4.69, 9.17) is 4.74 Å². The highest BCUT2D eigenvalue weighted by Gasteiger charge is 2.32. The number of hydrogen-bond acceptors (Lipinski definition) is 3. The summed E-state index contributed by atoms with van der Waals surface area (Å²) in [7, 11) is 0. The minimum absolute atomic E-state index is 0.0254. The van der Waals surface area contributed by atoms with Crippen LogP contribution < -0.4 is 0 Å². The average Bonchev–Trinajstić information content (AvgIpc) is 2.42. The fourth-order valence-electron chi connectivity index (χ4n) is 2.68. The lowest BCUT2D eigenvalue weighted by molar-refractivity contribution is -0.152. The second-order valence-electron chi connectivity index (χ2n) is 5.35. The molecule has 0 aliphatic carbocycles. The Morgan fingerprint density at radius 1 is 1.37 bits per heavy atom. The van der Waals surface area contributed by atoms with Crippen molar-refractivity contribution < 1.29 is 9.53 Å². The number of carbonyl (C=O) groups excluding carboxylic acids is 1. The molecule has 1 saturated heterocycles. The first-order chi connectivity index (χ1) is 9.20. The largest absolute Gasteiger partial charge is 0.466 e. The Balaban J connectivity index is 1.95. The molecule has 1 aromatic carbocycles.